The van der Waals surface area contributed by atoms with E-state index in [1.165, 1.54) is 37.9 Å². The van der Waals surface area contributed by atoms with Crippen molar-refractivity contribution < 1.29 is 0 Å². The third kappa shape index (κ3) is 5.00. The van der Waals surface area contributed by atoms with E-state index in [1.54, 1.807) is 11.3 Å². The lowest BCUT2D eigenvalue weighted by Gasteiger charge is -2.41. The number of nitrogens with zero attached hydrogens (tertiary/aromatic N) is 2. The third-order valence-electron chi connectivity index (χ3n) is 4.16. The largest absolute Gasteiger partial charge is 0.355 e. The molecule has 1 aromatic rings. The highest BCUT2D eigenvalue weighted by atomic mass is 32.1. The summed E-state index contributed by atoms with van der Waals surface area (Å²) >= 11 is 1.73. The first-order valence-corrected chi connectivity index (χ1v) is 8.77. The SMILES string of the molecule is CN=C(NCc1ccsc1)NCC(C)(C)N1CCCCC1. The summed E-state index contributed by atoms with van der Waals surface area (Å²) in [5.41, 5.74) is 1.47. The molecule has 0 atom stereocenters. The second-order valence-corrected chi connectivity index (χ2v) is 7.05. The van der Waals surface area contributed by atoms with Gasteiger partial charge in [0.05, 0.1) is 0 Å². The fourth-order valence-electron chi connectivity index (χ4n) is 2.71. The molecule has 118 valence electrons. The van der Waals surface area contributed by atoms with Crippen molar-refractivity contribution in [2.24, 2.45) is 4.99 Å². The van der Waals surface area contributed by atoms with Crippen molar-refractivity contribution in [2.75, 3.05) is 26.7 Å². The van der Waals surface area contributed by atoms with Gasteiger partial charge < -0.3 is 10.6 Å². The Bertz CT molecular complexity index is 433. The molecular weight excluding hydrogens is 280 g/mol. The summed E-state index contributed by atoms with van der Waals surface area (Å²) in [5, 5.41) is 11.1. The quantitative estimate of drug-likeness (QED) is 0.649. The Balaban J connectivity index is 1.78. The predicted molar refractivity (Wildman–Crippen MR) is 92.0 cm³/mol. The van der Waals surface area contributed by atoms with Crippen molar-refractivity contribution in [3.8, 4) is 0 Å². The zero-order valence-corrected chi connectivity index (χ0v) is 14.3. The maximum atomic E-state index is 4.32. The van der Waals surface area contributed by atoms with Crippen LogP contribution >= 0.6 is 11.3 Å². The van der Waals surface area contributed by atoms with Gasteiger partial charge in [0.25, 0.3) is 0 Å². The van der Waals surface area contributed by atoms with Crippen molar-refractivity contribution in [1.82, 2.24) is 15.5 Å². The number of guanidine groups is 1. The number of hydrogen-bond acceptors (Lipinski definition) is 3. The van der Waals surface area contributed by atoms with E-state index in [2.05, 4.69) is 51.2 Å². The van der Waals surface area contributed by atoms with E-state index in [4.69, 9.17) is 0 Å². The van der Waals surface area contributed by atoms with Crippen LogP contribution in [-0.2, 0) is 6.54 Å². The summed E-state index contributed by atoms with van der Waals surface area (Å²) in [6.07, 6.45) is 4.03. The summed E-state index contributed by atoms with van der Waals surface area (Å²) in [6, 6.07) is 2.14. The summed E-state index contributed by atoms with van der Waals surface area (Å²) in [6.45, 7) is 8.81. The highest BCUT2D eigenvalue weighted by Crippen LogP contribution is 2.19. The molecule has 2 N–H and O–H groups in total. The molecule has 1 fully saturated rings. The number of likely N-dealkylation sites (tertiary alicyclic amines) is 1. The zero-order chi connectivity index (χ0) is 15.1. The van der Waals surface area contributed by atoms with E-state index in [0.717, 1.165) is 19.0 Å². The van der Waals surface area contributed by atoms with Gasteiger partial charge in [-0.2, -0.15) is 11.3 Å². The number of thiophene rings is 1. The van der Waals surface area contributed by atoms with Gasteiger partial charge in [0.1, 0.15) is 0 Å². The molecule has 0 bridgehead atoms. The molecule has 1 aliphatic rings. The van der Waals surface area contributed by atoms with Gasteiger partial charge in [-0.25, -0.2) is 0 Å². The molecule has 1 aliphatic heterocycles. The first-order chi connectivity index (χ1) is 10.1. The predicted octanol–water partition coefficient (Wildman–Crippen LogP) is 2.68. The Morgan fingerprint density at radius 1 is 1.29 bits per heavy atom. The summed E-state index contributed by atoms with van der Waals surface area (Å²) < 4.78 is 0. The molecule has 0 unspecified atom stereocenters. The van der Waals surface area contributed by atoms with Crippen molar-refractivity contribution in [3.05, 3.63) is 22.4 Å². The molecule has 0 spiro atoms. The van der Waals surface area contributed by atoms with Crippen LogP contribution in [0.1, 0.15) is 38.7 Å². The average Bonchev–Trinajstić information content (AvgIpc) is 3.02. The Kier molecular flexibility index (Phi) is 6.06. The highest BCUT2D eigenvalue weighted by molar-refractivity contribution is 7.07. The maximum Gasteiger partial charge on any atom is 0.191 e. The topological polar surface area (TPSA) is 39.7 Å². The fourth-order valence-corrected chi connectivity index (χ4v) is 3.38. The van der Waals surface area contributed by atoms with Gasteiger partial charge in [0.2, 0.25) is 0 Å². The van der Waals surface area contributed by atoms with Crippen LogP contribution < -0.4 is 10.6 Å². The minimum absolute atomic E-state index is 0.167. The van der Waals surface area contributed by atoms with E-state index in [1.807, 2.05) is 7.05 Å². The Morgan fingerprint density at radius 2 is 2.05 bits per heavy atom. The van der Waals surface area contributed by atoms with Crippen LogP contribution in [0, 0.1) is 0 Å². The lowest BCUT2D eigenvalue weighted by atomic mass is 9.98. The van der Waals surface area contributed by atoms with Gasteiger partial charge in [0.15, 0.2) is 5.96 Å². The van der Waals surface area contributed by atoms with E-state index in [0.29, 0.717) is 0 Å². The van der Waals surface area contributed by atoms with Crippen LogP contribution in [0.2, 0.25) is 0 Å². The molecule has 0 amide bonds. The van der Waals surface area contributed by atoms with Crippen molar-refractivity contribution >= 4 is 17.3 Å². The van der Waals surface area contributed by atoms with Gasteiger partial charge in [-0.1, -0.05) is 6.42 Å². The monoisotopic (exact) mass is 308 g/mol. The second-order valence-electron chi connectivity index (χ2n) is 6.27. The molecule has 1 saturated heterocycles. The van der Waals surface area contributed by atoms with E-state index < -0.39 is 0 Å². The van der Waals surface area contributed by atoms with Crippen LogP contribution in [-0.4, -0.2) is 43.1 Å². The van der Waals surface area contributed by atoms with Crippen LogP contribution in [0.25, 0.3) is 0 Å². The normalized spacial score (nSPS) is 17.8. The zero-order valence-electron chi connectivity index (χ0n) is 13.5. The van der Waals surface area contributed by atoms with Crippen molar-refractivity contribution in [3.63, 3.8) is 0 Å². The molecule has 1 aromatic heterocycles. The second kappa shape index (κ2) is 7.80. The van der Waals surface area contributed by atoms with Crippen molar-refractivity contribution in [1.29, 1.82) is 0 Å². The molecule has 0 radical (unpaired) electrons. The summed E-state index contributed by atoms with van der Waals surface area (Å²) in [4.78, 5) is 6.91. The molecule has 0 saturated carbocycles. The minimum atomic E-state index is 0.167. The van der Waals surface area contributed by atoms with Crippen LogP contribution in [0.3, 0.4) is 0 Å². The van der Waals surface area contributed by atoms with Crippen LogP contribution in [0.5, 0.6) is 0 Å². The third-order valence-corrected chi connectivity index (χ3v) is 4.90. The Labute approximate surface area is 132 Å². The maximum absolute atomic E-state index is 4.32. The standard InChI is InChI=1S/C16H28N4S/c1-16(2,20-8-5-4-6-9-20)13-19-15(17-3)18-11-14-7-10-21-12-14/h7,10,12H,4-6,8-9,11,13H2,1-3H3,(H2,17,18,19). The molecular formula is C16H28N4S. The van der Waals surface area contributed by atoms with Crippen molar-refractivity contribution in [2.45, 2.75) is 45.2 Å². The fraction of sp³-hybridized carbons (Fsp3) is 0.688. The first kappa shape index (κ1) is 16.3. The molecule has 4 nitrogen and oxygen atoms in total. The number of nitrogens with one attached hydrogen (secondary N) is 2. The molecule has 0 aromatic carbocycles. The molecule has 21 heavy (non-hydrogen) atoms. The summed E-state index contributed by atoms with van der Waals surface area (Å²) in [5.74, 6) is 0.881. The molecule has 0 aliphatic carbocycles. The van der Waals surface area contributed by atoms with Gasteiger partial charge >= 0.3 is 0 Å². The van der Waals surface area contributed by atoms with E-state index >= 15 is 0 Å². The molecule has 5 heteroatoms. The smallest absolute Gasteiger partial charge is 0.191 e. The van der Waals surface area contributed by atoms with E-state index in [9.17, 15) is 0 Å². The van der Waals surface area contributed by atoms with Gasteiger partial charge in [-0.15, -0.1) is 0 Å². The lowest BCUT2D eigenvalue weighted by Crippen LogP contribution is -2.54. The number of hydrogen-bond donors (Lipinski definition) is 2. The lowest BCUT2D eigenvalue weighted by molar-refractivity contribution is 0.0982. The minimum Gasteiger partial charge on any atom is -0.355 e. The highest BCUT2D eigenvalue weighted by Gasteiger charge is 2.27. The average molecular weight is 308 g/mol. The number of aliphatic imine (C=N–C) groups is 1. The molecule has 2 rings (SSSR count). The van der Waals surface area contributed by atoms with Crippen LogP contribution in [0.4, 0.5) is 0 Å². The van der Waals surface area contributed by atoms with Crippen LogP contribution in [0.15, 0.2) is 21.8 Å². The first-order valence-electron chi connectivity index (χ1n) is 7.82. The van der Waals surface area contributed by atoms with E-state index in [-0.39, 0.29) is 5.54 Å². The number of rotatable bonds is 5. The number of piperidine rings is 1. The Hall–Kier alpha value is -1.07. The Morgan fingerprint density at radius 3 is 2.67 bits per heavy atom. The van der Waals surface area contributed by atoms with Gasteiger partial charge in [-0.3, -0.25) is 9.89 Å². The van der Waals surface area contributed by atoms with Gasteiger partial charge in [0, 0.05) is 25.7 Å². The summed E-state index contributed by atoms with van der Waals surface area (Å²) in [7, 11) is 1.83. The molecule has 2 heterocycles. The van der Waals surface area contributed by atoms with Gasteiger partial charge in [-0.05, 0) is 62.2 Å².